The topological polar surface area (TPSA) is 128 Å². The van der Waals surface area contributed by atoms with E-state index in [-0.39, 0.29) is 13.0 Å². The van der Waals surface area contributed by atoms with Crippen LogP contribution >= 0.6 is 0 Å². The second-order valence-electron chi connectivity index (χ2n) is 6.90. The number of hydrogen-bond acceptors (Lipinski definition) is 5. The van der Waals surface area contributed by atoms with Crippen molar-refractivity contribution in [2.45, 2.75) is 38.5 Å². The minimum atomic E-state index is -1.33. The maximum Gasteiger partial charge on any atom is 0.308 e. The van der Waals surface area contributed by atoms with Crippen LogP contribution < -0.4 is 16.4 Å². The van der Waals surface area contributed by atoms with Gasteiger partial charge in [-0.05, 0) is 23.3 Å². The normalized spacial score (nSPS) is 12.3. The summed E-state index contributed by atoms with van der Waals surface area (Å²) in [5.41, 5.74) is 6.54. The molecule has 4 N–H and O–H groups in total. The van der Waals surface area contributed by atoms with Crippen molar-refractivity contribution in [2.75, 3.05) is 0 Å². The fraction of sp³-hybridized carbons (Fsp3) is 0.273. The molecule has 0 saturated heterocycles. The highest BCUT2D eigenvalue weighted by atomic mass is 19.1. The zero-order valence-electron chi connectivity index (χ0n) is 17.0. The third kappa shape index (κ3) is 8.25. The zero-order valence-corrected chi connectivity index (χ0v) is 17.0. The Morgan fingerprint density at radius 1 is 0.968 bits per heavy atom. The molecule has 0 aliphatic rings. The van der Waals surface area contributed by atoms with Crippen LogP contribution in [0.25, 0.3) is 0 Å². The van der Waals surface area contributed by atoms with Gasteiger partial charge in [0.05, 0.1) is 6.42 Å². The van der Waals surface area contributed by atoms with Crippen LogP contribution in [-0.4, -0.2) is 35.8 Å². The molecule has 0 aromatic heterocycles. The number of nitrogens with one attached hydrogen (secondary N) is 2. The molecule has 0 fully saturated rings. The molecule has 0 radical (unpaired) electrons. The van der Waals surface area contributed by atoms with Gasteiger partial charge in [-0.25, -0.2) is 4.39 Å². The van der Waals surface area contributed by atoms with E-state index in [0.29, 0.717) is 5.56 Å². The molecule has 0 saturated carbocycles. The van der Waals surface area contributed by atoms with Gasteiger partial charge in [0.25, 0.3) is 0 Å². The van der Waals surface area contributed by atoms with Crippen LogP contribution in [0.5, 0.6) is 0 Å². The van der Waals surface area contributed by atoms with Gasteiger partial charge >= 0.3 is 5.97 Å². The number of carbonyl (C=O) groups is 4. The molecule has 3 amide bonds. The Kier molecular flexibility index (Phi) is 8.68. The Morgan fingerprint density at radius 3 is 2.26 bits per heavy atom. The van der Waals surface area contributed by atoms with Crippen molar-refractivity contribution in [1.82, 2.24) is 10.6 Å². The highest BCUT2D eigenvalue weighted by Gasteiger charge is 2.27. The van der Waals surface area contributed by atoms with E-state index in [1.165, 1.54) is 25.1 Å². The van der Waals surface area contributed by atoms with E-state index >= 15 is 0 Å². The molecule has 31 heavy (non-hydrogen) atoms. The van der Waals surface area contributed by atoms with Crippen LogP contribution in [0, 0.1) is 5.82 Å². The van der Waals surface area contributed by atoms with Gasteiger partial charge < -0.3 is 21.1 Å². The molecule has 164 valence electrons. The third-order valence-corrected chi connectivity index (χ3v) is 4.30. The van der Waals surface area contributed by atoms with E-state index in [9.17, 15) is 23.6 Å². The molecule has 0 unspecified atom stereocenters. The minimum absolute atomic E-state index is 0.00713. The number of hydrogen-bond donors (Lipinski definition) is 3. The Morgan fingerprint density at radius 2 is 1.65 bits per heavy atom. The van der Waals surface area contributed by atoms with Crippen molar-refractivity contribution in [1.29, 1.82) is 0 Å². The maximum atomic E-state index is 13.4. The highest BCUT2D eigenvalue weighted by molar-refractivity contribution is 5.93. The lowest BCUT2D eigenvalue weighted by atomic mass is 10.0. The first-order valence-corrected chi connectivity index (χ1v) is 9.55. The van der Waals surface area contributed by atoms with Crippen LogP contribution in [0.1, 0.15) is 24.5 Å². The SMILES string of the molecule is CC(=O)N[C@@H](Cc1cccc(F)c1)C(=O)N[C@@H](CC(=O)OCc1ccccc1)C(N)=O. The van der Waals surface area contributed by atoms with Gasteiger partial charge in [-0.1, -0.05) is 42.5 Å². The Labute approximate surface area is 179 Å². The second kappa shape index (κ2) is 11.4. The van der Waals surface area contributed by atoms with Crippen LogP contribution in [0.3, 0.4) is 0 Å². The second-order valence-corrected chi connectivity index (χ2v) is 6.90. The summed E-state index contributed by atoms with van der Waals surface area (Å²) >= 11 is 0. The summed E-state index contributed by atoms with van der Waals surface area (Å²) in [6.45, 7) is 1.23. The molecular weight excluding hydrogens is 405 g/mol. The van der Waals surface area contributed by atoms with Crippen LogP contribution in [0.4, 0.5) is 4.39 Å². The van der Waals surface area contributed by atoms with Gasteiger partial charge in [-0.15, -0.1) is 0 Å². The molecule has 0 bridgehead atoms. The molecule has 2 aromatic rings. The Hall–Kier alpha value is -3.75. The smallest absolute Gasteiger partial charge is 0.308 e. The molecule has 2 atom stereocenters. The van der Waals surface area contributed by atoms with Gasteiger partial charge in [0.15, 0.2) is 0 Å². The van der Waals surface area contributed by atoms with Gasteiger partial charge in [0.1, 0.15) is 24.5 Å². The summed E-state index contributed by atoms with van der Waals surface area (Å²) in [4.78, 5) is 48.0. The molecule has 2 aromatic carbocycles. The summed E-state index contributed by atoms with van der Waals surface area (Å²) in [7, 11) is 0. The largest absolute Gasteiger partial charge is 0.461 e. The Balaban J connectivity index is 2.00. The number of amides is 3. The number of ether oxygens (including phenoxy) is 1. The summed E-state index contributed by atoms with van der Waals surface area (Å²) in [6, 6.07) is 12.1. The fourth-order valence-corrected chi connectivity index (χ4v) is 2.81. The van der Waals surface area contributed by atoms with Crippen molar-refractivity contribution < 1.29 is 28.3 Å². The Bertz CT molecular complexity index is 936. The van der Waals surface area contributed by atoms with E-state index in [2.05, 4.69) is 10.6 Å². The van der Waals surface area contributed by atoms with E-state index in [0.717, 1.165) is 5.56 Å². The van der Waals surface area contributed by atoms with E-state index in [4.69, 9.17) is 10.5 Å². The molecule has 2 rings (SSSR count). The minimum Gasteiger partial charge on any atom is -0.461 e. The standard InChI is InChI=1S/C22H24FN3O5/c1-14(27)25-19(11-16-8-5-9-17(23)10-16)22(30)26-18(21(24)29)12-20(28)31-13-15-6-3-2-4-7-15/h2-10,18-19H,11-13H2,1H3,(H2,24,29)(H,25,27)(H,26,30)/t18-,19-/m0/s1. The number of carbonyl (C=O) groups excluding carboxylic acids is 4. The summed E-state index contributed by atoms with van der Waals surface area (Å²) in [6.07, 6.45) is -0.492. The van der Waals surface area contributed by atoms with Crippen molar-refractivity contribution in [3.05, 3.63) is 71.5 Å². The number of benzene rings is 2. The number of nitrogens with two attached hydrogens (primary N) is 1. The quantitative estimate of drug-likeness (QED) is 0.485. The first-order chi connectivity index (χ1) is 14.7. The van der Waals surface area contributed by atoms with E-state index in [1.54, 1.807) is 30.3 Å². The number of primary amides is 1. The molecule has 8 nitrogen and oxygen atoms in total. The van der Waals surface area contributed by atoms with Gasteiger partial charge in [0, 0.05) is 13.3 Å². The number of halogens is 1. The molecule has 0 aliphatic heterocycles. The number of rotatable bonds is 10. The summed E-state index contributed by atoms with van der Waals surface area (Å²) < 4.78 is 18.6. The monoisotopic (exact) mass is 429 g/mol. The fourth-order valence-electron chi connectivity index (χ4n) is 2.81. The molecule has 0 spiro atoms. The van der Waals surface area contributed by atoms with Crippen LogP contribution in [0.2, 0.25) is 0 Å². The van der Waals surface area contributed by atoms with Crippen molar-refractivity contribution >= 4 is 23.7 Å². The lowest BCUT2D eigenvalue weighted by Gasteiger charge is -2.21. The zero-order chi connectivity index (χ0) is 22.8. The first-order valence-electron chi connectivity index (χ1n) is 9.55. The summed E-state index contributed by atoms with van der Waals surface area (Å²) in [5.74, 6) is -3.38. The van der Waals surface area contributed by atoms with Crippen molar-refractivity contribution in [3.8, 4) is 0 Å². The lowest BCUT2D eigenvalue weighted by Crippen LogP contribution is -2.54. The predicted octanol–water partition coefficient (Wildman–Crippen LogP) is 0.976. The van der Waals surface area contributed by atoms with Gasteiger partial charge in [0.2, 0.25) is 17.7 Å². The predicted molar refractivity (Wildman–Crippen MR) is 110 cm³/mol. The maximum absolute atomic E-state index is 13.4. The van der Waals surface area contributed by atoms with Crippen molar-refractivity contribution in [3.63, 3.8) is 0 Å². The van der Waals surface area contributed by atoms with Crippen LogP contribution in [-0.2, 0) is 36.9 Å². The lowest BCUT2D eigenvalue weighted by molar-refractivity contribution is -0.147. The van der Waals surface area contributed by atoms with Crippen molar-refractivity contribution in [2.24, 2.45) is 5.73 Å². The third-order valence-electron chi connectivity index (χ3n) is 4.30. The average molecular weight is 429 g/mol. The highest BCUT2D eigenvalue weighted by Crippen LogP contribution is 2.08. The number of esters is 1. The first kappa shape index (κ1) is 23.5. The van der Waals surface area contributed by atoms with E-state index in [1.807, 2.05) is 6.07 Å². The molecule has 9 heteroatoms. The van der Waals surface area contributed by atoms with E-state index < -0.39 is 48.0 Å². The molecule has 0 aliphatic carbocycles. The van der Waals surface area contributed by atoms with Crippen LogP contribution in [0.15, 0.2) is 54.6 Å². The average Bonchev–Trinajstić information content (AvgIpc) is 2.71. The summed E-state index contributed by atoms with van der Waals surface area (Å²) in [5, 5.41) is 4.81. The van der Waals surface area contributed by atoms with Gasteiger partial charge in [-0.3, -0.25) is 19.2 Å². The molecular formula is C22H24FN3O5. The van der Waals surface area contributed by atoms with Gasteiger partial charge in [-0.2, -0.15) is 0 Å². The molecule has 0 heterocycles.